The molecule has 0 atom stereocenters. The molecule has 0 amide bonds. The Bertz CT molecular complexity index is 1510. The van der Waals surface area contributed by atoms with Gasteiger partial charge in [0.05, 0.1) is 21.8 Å². The highest BCUT2D eigenvalue weighted by molar-refractivity contribution is 7.92. The third-order valence-corrected chi connectivity index (χ3v) is 7.21. The lowest BCUT2D eigenvalue weighted by molar-refractivity contribution is -0.192. The first-order valence-electron chi connectivity index (χ1n) is 11.8. The molecule has 0 bridgehead atoms. The number of aliphatic carboxylic acids is 1. The summed E-state index contributed by atoms with van der Waals surface area (Å²) in [6.45, 7) is 2.98. The van der Waals surface area contributed by atoms with Crippen molar-refractivity contribution in [3.8, 4) is 0 Å². The number of hydrogen-bond acceptors (Lipinski definition) is 6. The number of piperazine rings is 1. The molecule has 4 rings (SSSR count). The number of nitrogens with one attached hydrogen (secondary N) is 1. The van der Waals surface area contributed by atoms with Crippen LogP contribution in [-0.4, -0.2) is 67.8 Å². The fraction of sp³-hybridized carbons (Fsp3) is 0.231. The van der Waals surface area contributed by atoms with Gasteiger partial charge in [0.2, 0.25) is 0 Å². The number of benzene rings is 3. The number of halogens is 5. The lowest BCUT2D eigenvalue weighted by Gasteiger charge is -2.37. The van der Waals surface area contributed by atoms with Crippen LogP contribution >= 0.6 is 0 Å². The van der Waals surface area contributed by atoms with E-state index in [-0.39, 0.29) is 22.0 Å². The monoisotopic (exact) mass is 601 g/mol. The van der Waals surface area contributed by atoms with Crippen molar-refractivity contribution >= 4 is 33.3 Å². The highest BCUT2D eigenvalue weighted by Crippen LogP contribution is 2.31. The molecule has 0 saturated carbocycles. The van der Waals surface area contributed by atoms with E-state index < -0.39 is 34.0 Å². The summed E-state index contributed by atoms with van der Waals surface area (Å²) in [4.78, 5) is 24.2. The smallest absolute Gasteiger partial charge is 0.478 e. The van der Waals surface area contributed by atoms with Gasteiger partial charge in [0.15, 0.2) is 0 Å². The third kappa shape index (κ3) is 8.88. The van der Waals surface area contributed by atoms with Crippen LogP contribution in [0.1, 0.15) is 15.9 Å². The zero-order chi connectivity index (χ0) is 30.4. The molecule has 1 heterocycles. The number of hydrogen-bond donors (Lipinski definition) is 3. The van der Waals surface area contributed by atoms with Crippen LogP contribution in [0.15, 0.2) is 71.6 Å². The van der Waals surface area contributed by atoms with Crippen LogP contribution in [0.2, 0.25) is 0 Å². The SMILES string of the molecule is O=C(O)C(F)(F)F.O=C(O)c1ccc(N2CCN(Cc3cccc(F)c3)CC2)c(NS(=O)(=O)c2cccc(F)c2)c1. The number of anilines is 2. The van der Waals surface area contributed by atoms with Gasteiger partial charge in [-0.25, -0.2) is 26.8 Å². The van der Waals surface area contributed by atoms with Gasteiger partial charge in [-0.3, -0.25) is 9.62 Å². The normalized spacial score (nSPS) is 14.1. The second-order valence-corrected chi connectivity index (χ2v) is 10.5. The van der Waals surface area contributed by atoms with Gasteiger partial charge in [-0.15, -0.1) is 0 Å². The topological polar surface area (TPSA) is 127 Å². The Balaban J connectivity index is 0.000000587. The molecule has 3 aromatic rings. The fourth-order valence-electron chi connectivity index (χ4n) is 3.90. The van der Waals surface area contributed by atoms with Gasteiger partial charge in [-0.05, 0) is 54.1 Å². The minimum atomic E-state index is -5.08. The molecule has 41 heavy (non-hydrogen) atoms. The molecule has 1 aliphatic rings. The number of sulfonamides is 1. The molecule has 9 nitrogen and oxygen atoms in total. The van der Waals surface area contributed by atoms with Crippen molar-refractivity contribution in [1.29, 1.82) is 0 Å². The Morgan fingerprint density at radius 3 is 1.98 bits per heavy atom. The van der Waals surface area contributed by atoms with Crippen LogP contribution < -0.4 is 9.62 Å². The van der Waals surface area contributed by atoms with Crippen LogP contribution in [0, 0.1) is 11.6 Å². The number of nitrogens with zero attached hydrogens (tertiary/aromatic N) is 2. The maximum absolute atomic E-state index is 13.6. The van der Waals surface area contributed by atoms with Crippen molar-refractivity contribution in [2.75, 3.05) is 35.8 Å². The molecule has 0 radical (unpaired) electrons. The molecule has 1 saturated heterocycles. The lowest BCUT2D eigenvalue weighted by Crippen LogP contribution is -2.46. The predicted octanol–water partition coefficient (Wildman–Crippen LogP) is 4.42. The van der Waals surface area contributed by atoms with Crippen molar-refractivity contribution in [2.24, 2.45) is 0 Å². The number of alkyl halides is 3. The molecule has 0 spiro atoms. The zero-order valence-electron chi connectivity index (χ0n) is 21.1. The molecule has 1 fully saturated rings. The molecular formula is C26H24F5N3O6S. The van der Waals surface area contributed by atoms with Gasteiger partial charge in [0.25, 0.3) is 10.0 Å². The fourth-order valence-corrected chi connectivity index (χ4v) is 5.00. The summed E-state index contributed by atoms with van der Waals surface area (Å²) in [6, 6.07) is 15.2. The molecular weight excluding hydrogens is 577 g/mol. The Morgan fingerprint density at radius 2 is 1.44 bits per heavy atom. The quantitative estimate of drug-likeness (QED) is 0.340. The number of rotatable bonds is 7. The second kappa shape index (κ2) is 13.0. The van der Waals surface area contributed by atoms with Gasteiger partial charge >= 0.3 is 18.1 Å². The van der Waals surface area contributed by atoms with E-state index in [0.717, 1.165) is 17.7 Å². The Hall–Kier alpha value is -4.24. The van der Waals surface area contributed by atoms with E-state index in [1.165, 1.54) is 36.4 Å². The number of aromatic carboxylic acids is 1. The maximum Gasteiger partial charge on any atom is 0.490 e. The highest BCUT2D eigenvalue weighted by atomic mass is 32.2. The second-order valence-electron chi connectivity index (χ2n) is 8.80. The van der Waals surface area contributed by atoms with Gasteiger partial charge in [-0.1, -0.05) is 18.2 Å². The van der Waals surface area contributed by atoms with Gasteiger partial charge in [-0.2, -0.15) is 13.2 Å². The molecule has 220 valence electrons. The average molecular weight is 602 g/mol. The zero-order valence-corrected chi connectivity index (χ0v) is 21.9. The van der Waals surface area contributed by atoms with Crippen LogP contribution in [0.25, 0.3) is 0 Å². The standard InChI is InChI=1S/C24H23F2N3O4S.C2HF3O2/c25-19-4-1-3-17(13-19)16-28-9-11-29(12-10-28)23-8-7-18(24(30)31)14-22(23)27-34(32,33)21-6-2-5-20(26)15-21;3-2(4,5)1(6)7/h1-8,13-15,27H,9-12,16H2,(H,30,31);(H,6,7). The van der Waals surface area contributed by atoms with Crippen LogP contribution in [0.3, 0.4) is 0 Å². The van der Waals surface area contributed by atoms with E-state index in [2.05, 4.69) is 9.62 Å². The summed E-state index contributed by atoms with van der Waals surface area (Å²) in [5.41, 5.74) is 1.41. The number of carboxylic acid groups (broad SMARTS) is 2. The summed E-state index contributed by atoms with van der Waals surface area (Å²) in [5, 5.41) is 16.5. The van der Waals surface area contributed by atoms with Crippen molar-refractivity contribution in [3.05, 3.63) is 89.5 Å². The molecule has 15 heteroatoms. The molecule has 0 aromatic heterocycles. The Labute approximate surface area is 231 Å². The third-order valence-electron chi connectivity index (χ3n) is 5.84. The van der Waals surface area contributed by atoms with E-state index in [9.17, 15) is 40.3 Å². The van der Waals surface area contributed by atoms with E-state index in [0.29, 0.717) is 38.4 Å². The summed E-state index contributed by atoms with van der Waals surface area (Å²) < 4.78 is 87.0. The molecule has 0 aliphatic carbocycles. The molecule has 3 N–H and O–H groups in total. The maximum atomic E-state index is 13.6. The largest absolute Gasteiger partial charge is 0.490 e. The van der Waals surface area contributed by atoms with Crippen molar-refractivity contribution in [1.82, 2.24) is 4.90 Å². The van der Waals surface area contributed by atoms with Gasteiger partial charge < -0.3 is 15.1 Å². The summed E-state index contributed by atoms with van der Waals surface area (Å²) in [6.07, 6.45) is -5.08. The minimum Gasteiger partial charge on any atom is -0.478 e. The molecule has 3 aromatic carbocycles. The minimum absolute atomic E-state index is 0.0783. The highest BCUT2D eigenvalue weighted by Gasteiger charge is 2.38. The van der Waals surface area contributed by atoms with Gasteiger partial charge in [0.1, 0.15) is 11.6 Å². The van der Waals surface area contributed by atoms with Crippen molar-refractivity contribution in [3.63, 3.8) is 0 Å². The molecule has 0 unspecified atom stereocenters. The Morgan fingerprint density at radius 1 is 0.854 bits per heavy atom. The summed E-state index contributed by atoms with van der Waals surface area (Å²) >= 11 is 0. The van der Waals surface area contributed by atoms with E-state index in [4.69, 9.17) is 9.90 Å². The van der Waals surface area contributed by atoms with Crippen LogP contribution in [-0.2, 0) is 21.4 Å². The average Bonchev–Trinajstić information content (AvgIpc) is 2.89. The first kappa shape index (κ1) is 31.3. The lowest BCUT2D eigenvalue weighted by atomic mass is 10.1. The summed E-state index contributed by atoms with van der Waals surface area (Å²) in [5.74, 6) is -4.94. The number of carboxylic acids is 2. The van der Waals surface area contributed by atoms with Crippen LogP contribution in [0.4, 0.5) is 33.3 Å². The first-order valence-corrected chi connectivity index (χ1v) is 13.3. The van der Waals surface area contributed by atoms with Crippen molar-refractivity contribution < 1.29 is 50.2 Å². The van der Waals surface area contributed by atoms with E-state index >= 15 is 0 Å². The Kier molecular flexibility index (Phi) is 9.88. The first-order chi connectivity index (χ1) is 19.2. The van der Waals surface area contributed by atoms with E-state index in [1.54, 1.807) is 12.1 Å². The number of carbonyl (C=O) groups is 2. The van der Waals surface area contributed by atoms with Gasteiger partial charge in [0, 0.05) is 32.7 Å². The van der Waals surface area contributed by atoms with Crippen molar-refractivity contribution in [2.45, 2.75) is 17.6 Å². The molecule has 1 aliphatic heterocycles. The van der Waals surface area contributed by atoms with E-state index in [1.807, 2.05) is 11.0 Å². The summed E-state index contributed by atoms with van der Waals surface area (Å²) in [7, 11) is -4.15. The van der Waals surface area contributed by atoms with Crippen LogP contribution in [0.5, 0.6) is 0 Å². The predicted molar refractivity (Wildman–Crippen MR) is 138 cm³/mol.